The molecule has 0 amide bonds. The van der Waals surface area contributed by atoms with Gasteiger partial charge in [0.1, 0.15) is 0 Å². The lowest BCUT2D eigenvalue weighted by Crippen LogP contribution is -2.41. The Labute approximate surface area is 868 Å². The molecule has 25 rings (SSSR count). The van der Waals surface area contributed by atoms with E-state index in [9.17, 15) is 19.6 Å². The van der Waals surface area contributed by atoms with E-state index >= 15 is 0 Å². The number of carbonyl (C=O) groups excluding carboxylic acids is 2. The average molecular weight is 1950 g/mol. The summed E-state index contributed by atoms with van der Waals surface area (Å²) in [5, 5.41) is 21.1. The maximum atomic E-state index is 12.7. The number of carbonyl (C=O) groups is 2. The molecule has 0 saturated carbocycles. The maximum absolute atomic E-state index is 12.7. The molecule has 1 aliphatic carbocycles. The molecular formula is C127H117B4N5O12. The van der Waals surface area contributed by atoms with Crippen LogP contribution in [0.1, 0.15) is 140 Å². The lowest BCUT2D eigenvalue weighted by Gasteiger charge is -2.42. The van der Waals surface area contributed by atoms with Gasteiger partial charge in [-0.2, -0.15) is 0 Å². The van der Waals surface area contributed by atoms with E-state index in [-0.39, 0.29) is 60.4 Å². The first kappa shape index (κ1) is 98.6. The number of hydrogen-bond acceptors (Lipinski definition) is 16. The van der Waals surface area contributed by atoms with E-state index in [0.29, 0.717) is 16.6 Å². The lowest BCUT2D eigenvalue weighted by atomic mass is 9.73. The quantitative estimate of drug-likeness (QED) is 0.0875. The van der Waals surface area contributed by atoms with E-state index in [0.717, 1.165) is 124 Å². The van der Waals surface area contributed by atoms with Crippen LogP contribution in [0.25, 0.3) is 49.7 Å². The Morgan fingerprint density at radius 1 is 0.270 bits per heavy atom. The van der Waals surface area contributed by atoms with Gasteiger partial charge in [-0.3, -0.25) is 9.59 Å². The minimum atomic E-state index is -1.45. The predicted molar refractivity (Wildman–Crippen MR) is 604 cm³/mol. The van der Waals surface area contributed by atoms with Crippen LogP contribution in [0.2, 0.25) is 0 Å². The topological polar surface area (TPSA) is 166 Å². The van der Waals surface area contributed by atoms with E-state index < -0.39 is 18.7 Å². The molecule has 0 spiro atoms. The van der Waals surface area contributed by atoms with Gasteiger partial charge in [0.05, 0.1) is 78.8 Å². The number of para-hydroxylation sites is 12. The highest BCUT2D eigenvalue weighted by atomic mass is 16.7. The molecule has 2 N–H and O–H groups in total. The van der Waals surface area contributed by atoms with Gasteiger partial charge in [-0.25, -0.2) is 0 Å². The molecule has 3 fully saturated rings. The third-order valence-electron chi connectivity index (χ3n) is 30.5. The van der Waals surface area contributed by atoms with E-state index in [1.165, 1.54) is 55.4 Å². The van der Waals surface area contributed by atoms with Crippen LogP contribution in [-0.4, -0.2) is 88.3 Å². The van der Waals surface area contributed by atoms with Crippen molar-refractivity contribution < 1.29 is 57.0 Å². The summed E-state index contributed by atoms with van der Waals surface area (Å²) in [5.74, 6) is 2.43. The standard InChI is InChI=1S/C32H19NO3.C27H30BNO2.C24H24BNO3.C24H24BNO2.C20H20BNO2/c34-31-24-8-2-1-7-23(24)26-19-21(15-18-25(26)32(31)35)20-13-16-22(17-14-20)33-27-9-3-5-11-29(27)36-30-12-6-4-10-28(30)33;1-25(2)21-11-7-9-13-23(21)29(24-14-10-8-12-22(24)25)20-17-15-19(16-18-20)28-30-26(3,4)27(5,6)31-28;1-23(2)24(3,4)29-25(28-23)17-13-15-18(16-14-17)26-19-9-5-7-11-21(19)27-22-12-8-6-10-20(22)26;1-23(2)24(3,4)28-25(27-23)17-13-15-18(16-14-17)26-21-11-7-5-9-19(21)20-10-6-8-12-22(20)26;1-15-3-9-18(10-4-15)22(19-11-5-16(2)6-12-19)20-13-7-17(8-14-20)21(23)24/h1-19H;7-18H,1-6H3;5-16H,1-4H3;5-16H,1-4H3;3-14,23-24H,1-2H3. The zero-order valence-electron chi connectivity index (χ0n) is 86.2. The first-order valence-electron chi connectivity index (χ1n) is 50.6. The fourth-order valence-corrected chi connectivity index (χ4v) is 20.1. The SMILES string of the molecule is CC1(C)OB(c2ccc(-n3c4ccccc4c4ccccc43)cc2)OC1(C)C.CC1(C)OB(c2ccc(N3c4ccccc4Oc4ccccc43)cc2)OC1(C)C.CC1(C)c2ccccc2N(c2ccc(B3OC(C)(C)C(C)(C)O3)cc2)c2ccccc21.Cc1ccc(N(c2ccc(C)cc2)c2ccc(B(O)O)cc2)cc1.O=C1C(=O)c2ccc(-c3ccc(N4c5ccccc5Oc5ccccc54)cc3)cc2-c2ccccc21. The summed E-state index contributed by atoms with van der Waals surface area (Å²) in [5.41, 5.74) is 27.5. The number of aromatic nitrogens is 1. The minimum absolute atomic E-state index is 0.0493. The fourth-order valence-electron chi connectivity index (χ4n) is 20.1. The van der Waals surface area contributed by atoms with Crippen LogP contribution in [0.4, 0.5) is 68.2 Å². The molecule has 734 valence electrons. The first-order valence-corrected chi connectivity index (χ1v) is 50.6. The highest BCUT2D eigenvalue weighted by molar-refractivity contribution is 6.63. The van der Waals surface area contributed by atoms with Crippen molar-refractivity contribution in [2.75, 3.05) is 19.6 Å². The molecule has 17 nitrogen and oxygen atoms in total. The molecule has 7 aliphatic rings. The number of nitrogens with zero attached hydrogens (tertiary/aromatic N) is 5. The van der Waals surface area contributed by atoms with Crippen LogP contribution in [0.3, 0.4) is 0 Å². The molecule has 21 heteroatoms. The highest BCUT2D eigenvalue weighted by Gasteiger charge is 2.55. The van der Waals surface area contributed by atoms with Crippen molar-refractivity contribution in [3.8, 4) is 50.9 Å². The van der Waals surface area contributed by atoms with Gasteiger partial charge in [0.2, 0.25) is 11.6 Å². The van der Waals surface area contributed by atoms with Crippen molar-refractivity contribution in [2.24, 2.45) is 0 Å². The van der Waals surface area contributed by atoms with Gasteiger partial charge >= 0.3 is 28.5 Å². The number of anilines is 12. The van der Waals surface area contributed by atoms with Crippen molar-refractivity contribution in [1.82, 2.24) is 4.57 Å². The number of hydrogen-bond donors (Lipinski definition) is 2. The molecule has 1 aromatic heterocycles. The van der Waals surface area contributed by atoms with Crippen molar-refractivity contribution in [3.05, 3.63) is 440 Å². The number of ketones is 2. The van der Waals surface area contributed by atoms with Crippen molar-refractivity contribution in [2.45, 2.75) is 150 Å². The Hall–Kier alpha value is -15.4. The lowest BCUT2D eigenvalue weighted by molar-refractivity contribution is 0.00578. The largest absolute Gasteiger partial charge is 0.494 e. The van der Waals surface area contributed by atoms with Gasteiger partial charge in [-0.1, -0.05) is 262 Å². The summed E-state index contributed by atoms with van der Waals surface area (Å²) >= 11 is 0. The number of benzene rings is 17. The van der Waals surface area contributed by atoms with Crippen LogP contribution in [0, 0.1) is 13.8 Å². The molecule has 0 bridgehead atoms. The van der Waals surface area contributed by atoms with E-state index in [2.05, 4.69) is 402 Å². The Morgan fingerprint density at radius 3 is 0.919 bits per heavy atom. The average Bonchev–Trinajstić information content (AvgIpc) is 0.838. The molecular weight excluding hydrogens is 1830 g/mol. The van der Waals surface area contributed by atoms with Crippen LogP contribution < -0.4 is 50.9 Å². The van der Waals surface area contributed by atoms with E-state index in [1.54, 1.807) is 30.3 Å². The van der Waals surface area contributed by atoms with Gasteiger partial charge in [-0.15, -0.1) is 0 Å². The predicted octanol–water partition coefficient (Wildman–Crippen LogP) is 28.2. The highest BCUT2D eigenvalue weighted by Crippen LogP contribution is 2.56. The molecule has 7 heterocycles. The summed E-state index contributed by atoms with van der Waals surface area (Å²) < 4.78 is 51.8. The zero-order valence-corrected chi connectivity index (χ0v) is 86.2. The Bertz CT molecular complexity index is 7750. The molecule has 3 saturated heterocycles. The van der Waals surface area contributed by atoms with Gasteiger partial charge in [0, 0.05) is 67.1 Å². The van der Waals surface area contributed by atoms with Crippen molar-refractivity contribution >= 4 is 152 Å². The number of fused-ring (bicyclic) bond motifs is 12. The molecule has 148 heavy (non-hydrogen) atoms. The van der Waals surface area contributed by atoms with Gasteiger partial charge in [0.25, 0.3) is 0 Å². The number of aryl methyl sites for hydroxylation is 2. The smallest absolute Gasteiger partial charge is 0.453 e. The van der Waals surface area contributed by atoms with Gasteiger partial charge in [0.15, 0.2) is 23.0 Å². The summed E-state index contributed by atoms with van der Waals surface area (Å²) in [4.78, 5) is 34.2. The van der Waals surface area contributed by atoms with Crippen LogP contribution in [-0.2, 0) is 33.3 Å². The third-order valence-corrected chi connectivity index (χ3v) is 30.5. The summed E-state index contributed by atoms with van der Waals surface area (Å²) in [6.45, 7) is 33.7. The molecule has 0 radical (unpaired) electrons. The van der Waals surface area contributed by atoms with Crippen LogP contribution in [0.15, 0.2) is 406 Å². The number of Topliss-reactive ketones (excluding diaryl/α,β-unsaturated/α-hetero) is 2. The Kier molecular flexibility index (Phi) is 26.1. The molecule has 6 aliphatic heterocycles. The van der Waals surface area contributed by atoms with Crippen LogP contribution in [0.5, 0.6) is 23.0 Å². The second-order valence-electron chi connectivity index (χ2n) is 42.1. The van der Waals surface area contributed by atoms with Crippen molar-refractivity contribution in [3.63, 3.8) is 0 Å². The number of rotatable bonds is 12. The van der Waals surface area contributed by atoms with E-state index in [4.69, 9.17) is 37.4 Å². The minimum Gasteiger partial charge on any atom is -0.453 e. The molecule has 18 aromatic rings. The molecule has 0 unspecified atom stereocenters. The maximum Gasteiger partial charge on any atom is 0.494 e. The molecule has 17 aromatic carbocycles. The van der Waals surface area contributed by atoms with Crippen LogP contribution >= 0.6 is 0 Å². The molecule has 0 atom stereocenters. The van der Waals surface area contributed by atoms with Crippen molar-refractivity contribution in [1.29, 1.82) is 0 Å². The third kappa shape index (κ3) is 18.6. The monoisotopic (exact) mass is 1950 g/mol. The normalized spacial score (nSPS) is 16.3. The zero-order chi connectivity index (χ0) is 103. The van der Waals surface area contributed by atoms with Gasteiger partial charge < -0.3 is 71.6 Å². The second-order valence-corrected chi connectivity index (χ2v) is 42.1. The summed E-state index contributed by atoms with van der Waals surface area (Å²) in [6, 6.07) is 138. The van der Waals surface area contributed by atoms with E-state index in [1.807, 2.05) is 109 Å². The fraction of sp³-hybridized carbons (Fsp3) is 0.181. The Balaban J connectivity index is 0.000000109. The Morgan fingerprint density at radius 2 is 0.554 bits per heavy atom. The summed E-state index contributed by atoms with van der Waals surface area (Å²) in [6.07, 6.45) is 0. The van der Waals surface area contributed by atoms with Gasteiger partial charge in [-0.05, 0) is 322 Å². The second kappa shape index (κ2) is 39.1. The first-order chi connectivity index (χ1) is 71.1. The number of ether oxygens (including phenoxy) is 2. The summed E-state index contributed by atoms with van der Waals surface area (Å²) in [7, 11) is -2.50.